The number of thiophene rings is 1. The molecule has 0 N–H and O–H groups in total. The lowest BCUT2D eigenvalue weighted by Crippen LogP contribution is -2.09. The fourth-order valence-electron chi connectivity index (χ4n) is 3.42. The van der Waals surface area contributed by atoms with Crippen molar-refractivity contribution < 1.29 is 14.3 Å². The second-order valence-electron chi connectivity index (χ2n) is 6.91. The summed E-state index contributed by atoms with van der Waals surface area (Å²) in [4.78, 5) is 12.9. The molecule has 1 fully saturated rings. The second kappa shape index (κ2) is 9.89. The summed E-state index contributed by atoms with van der Waals surface area (Å²) in [6, 6.07) is 12.8. The number of carbonyl (C=O) groups excluding carboxylic acids is 1. The van der Waals surface area contributed by atoms with E-state index in [2.05, 4.69) is 41.8 Å². The molecule has 0 aliphatic carbocycles. The first kappa shape index (κ1) is 19.1. The molecule has 0 amide bonds. The van der Waals surface area contributed by atoms with Gasteiger partial charge in [-0.3, -0.25) is 0 Å². The minimum atomic E-state index is -0.391. The number of unbranched alkanes of at least 4 members (excludes halogenated alkanes) is 5. The molecule has 1 aromatic carbocycles. The first-order chi connectivity index (χ1) is 12.8. The SMILES string of the molecule is COC(=O)C1OC1c1ccsc1CCCCCCCCc1ccccc1. The zero-order valence-electron chi connectivity index (χ0n) is 15.5. The molecule has 2 atom stereocenters. The van der Waals surface area contributed by atoms with Crippen LogP contribution in [-0.2, 0) is 27.1 Å². The van der Waals surface area contributed by atoms with Gasteiger partial charge in [-0.2, -0.15) is 0 Å². The molecule has 3 rings (SSSR count). The summed E-state index contributed by atoms with van der Waals surface area (Å²) in [6.45, 7) is 0. The standard InChI is InChI=1S/C22H28O3S/c1-24-22(23)21-20(25-21)18-15-16-26-19(18)14-10-5-3-2-4-7-11-17-12-8-6-9-13-17/h6,8-9,12-13,15-16,20-21H,2-5,7,10-11,14H2,1H3. The van der Waals surface area contributed by atoms with Crippen LogP contribution in [0.5, 0.6) is 0 Å². The van der Waals surface area contributed by atoms with Gasteiger partial charge in [-0.25, -0.2) is 4.79 Å². The maximum atomic E-state index is 11.5. The molecule has 0 spiro atoms. The van der Waals surface area contributed by atoms with E-state index in [1.807, 2.05) is 0 Å². The Morgan fingerprint density at radius 1 is 1.00 bits per heavy atom. The summed E-state index contributed by atoms with van der Waals surface area (Å²) < 4.78 is 10.3. The van der Waals surface area contributed by atoms with E-state index in [1.54, 1.807) is 11.3 Å². The Bertz CT molecular complexity index is 680. The van der Waals surface area contributed by atoms with E-state index in [-0.39, 0.29) is 12.1 Å². The van der Waals surface area contributed by atoms with E-state index in [1.165, 1.54) is 68.1 Å². The molecular weight excluding hydrogens is 344 g/mol. The number of hydrogen-bond acceptors (Lipinski definition) is 4. The lowest BCUT2D eigenvalue weighted by molar-refractivity contribution is -0.142. The van der Waals surface area contributed by atoms with Crippen LogP contribution in [0.1, 0.15) is 60.6 Å². The maximum absolute atomic E-state index is 11.5. The molecule has 4 heteroatoms. The molecule has 0 bridgehead atoms. The first-order valence-corrected chi connectivity index (χ1v) is 10.5. The molecule has 3 nitrogen and oxygen atoms in total. The van der Waals surface area contributed by atoms with Crippen molar-refractivity contribution in [1.29, 1.82) is 0 Å². The molecule has 0 radical (unpaired) electrons. The van der Waals surface area contributed by atoms with Gasteiger partial charge < -0.3 is 9.47 Å². The highest BCUT2D eigenvalue weighted by Crippen LogP contribution is 2.42. The predicted molar refractivity (Wildman–Crippen MR) is 106 cm³/mol. The number of esters is 1. The molecule has 1 saturated heterocycles. The fourth-order valence-corrected chi connectivity index (χ4v) is 4.38. The van der Waals surface area contributed by atoms with Crippen LogP contribution in [0.15, 0.2) is 41.8 Å². The molecule has 2 aromatic rings. The van der Waals surface area contributed by atoms with E-state index in [9.17, 15) is 4.79 Å². The van der Waals surface area contributed by atoms with Crippen LogP contribution in [0.2, 0.25) is 0 Å². The number of ether oxygens (including phenoxy) is 2. The summed E-state index contributed by atoms with van der Waals surface area (Å²) in [5.41, 5.74) is 2.64. The van der Waals surface area contributed by atoms with E-state index in [4.69, 9.17) is 9.47 Å². The number of hydrogen-bond donors (Lipinski definition) is 0. The average Bonchev–Trinajstić information content (AvgIpc) is 3.34. The van der Waals surface area contributed by atoms with E-state index in [0.717, 1.165) is 6.42 Å². The van der Waals surface area contributed by atoms with Crippen LogP contribution < -0.4 is 0 Å². The highest BCUT2D eigenvalue weighted by molar-refractivity contribution is 7.10. The third-order valence-electron chi connectivity index (χ3n) is 4.97. The van der Waals surface area contributed by atoms with Crippen molar-refractivity contribution in [3.63, 3.8) is 0 Å². The van der Waals surface area contributed by atoms with Crippen molar-refractivity contribution in [1.82, 2.24) is 0 Å². The summed E-state index contributed by atoms with van der Waals surface area (Å²) in [5, 5.41) is 2.10. The Kier molecular flexibility index (Phi) is 7.27. The van der Waals surface area contributed by atoms with E-state index < -0.39 is 6.10 Å². The molecular formula is C22H28O3S. The Balaban J connectivity index is 1.27. The van der Waals surface area contributed by atoms with E-state index >= 15 is 0 Å². The smallest absolute Gasteiger partial charge is 0.338 e. The van der Waals surface area contributed by atoms with Gasteiger partial charge in [0.2, 0.25) is 0 Å². The van der Waals surface area contributed by atoms with Crippen molar-refractivity contribution in [3.05, 3.63) is 57.8 Å². The van der Waals surface area contributed by atoms with Crippen molar-refractivity contribution in [2.24, 2.45) is 0 Å². The normalized spacial score (nSPS) is 18.7. The lowest BCUT2D eigenvalue weighted by Gasteiger charge is -2.04. The third-order valence-corrected chi connectivity index (χ3v) is 5.97. The quantitative estimate of drug-likeness (QED) is 0.297. The number of aryl methyl sites for hydroxylation is 2. The van der Waals surface area contributed by atoms with Gasteiger partial charge >= 0.3 is 5.97 Å². The number of epoxide rings is 1. The Morgan fingerprint density at radius 2 is 1.69 bits per heavy atom. The van der Waals surface area contributed by atoms with Crippen molar-refractivity contribution in [2.45, 2.75) is 63.6 Å². The molecule has 140 valence electrons. The molecule has 1 aromatic heterocycles. The summed E-state index contributed by atoms with van der Waals surface area (Å²) in [7, 11) is 1.41. The van der Waals surface area contributed by atoms with E-state index in [0.29, 0.717) is 0 Å². The molecule has 1 aliphatic rings. The van der Waals surface area contributed by atoms with Crippen molar-refractivity contribution in [3.8, 4) is 0 Å². The largest absolute Gasteiger partial charge is 0.467 e. The highest BCUT2D eigenvalue weighted by Gasteiger charge is 2.48. The van der Waals surface area contributed by atoms with Crippen LogP contribution in [-0.4, -0.2) is 19.2 Å². The zero-order chi connectivity index (χ0) is 18.2. The van der Waals surface area contributed by atoms with Crippen LogP contribution >= 0.6 is 11.3 Å². The van der Waals surface area contributed by atoms with Gasteiger partial charge in [0, 0.05) is 4.88 Å². The predicted octanol–water partition coefficient (Wildman–Crippen LogP) is 5.49. The second-order valence-corrected chi connectivity index (χ2v) is 7.91. The maximum Gasteiger partial charge on any atom is 0.338 e. The van der Waals surface area contributed by atoms with Gasteiger partial charge in [0.05, 0.1) is 7.11 Å². The number of methoxy groups -OCH3 is 1. The zero-order valence-corrected chi connectivity index (χ0v) is 16.3. The summed E-state index contributed by atoms with van der Waals surface area (Å²) in [5.74, 6) is -0.261. The minimum absolute atomic E-state index is 0.0818. The first-order valence-electron chi connectivity index (χ1n) is 9.63. The average molecular weight is 373 g/mol. The van der Waals surface area contributed by atoms with Gasteiger partial charge in [0.25, 0.3) is 0 Å². The van der Waals surface area contributed by atoms with Crippen LogP contribution in [0.25, 0.3) is 0 Å². The molecule has 0 saturated carbocycles. The van der Waals surface area contributed by atoms with Crippen LogP contribution in [0.3, 0.4) is 0 Å². The van der Waals surface area contributed by atoms with Crippen molar-refractivity contribution >= 4 is 17.3 Å². The molecule has 2 heterocycles. The molecule has 1 aliphatic heterocycles. The Morgan fingerprint density at radius 3 is 2.42 bits per heavy atom. The minimum Gasteiger partial charge on any atom is -0.467 e. The topological polar surface area (TPSA) is 38.8 Å². The van der Waals surface area contributed by atoms with Gasteiger partial charge in [0.15, 0.2) is 6.10 Å². The Labute approximate surface area is 160 Å². The lowest BCUT2D eigenvalue weighted by atomic mass is 10.0. The van der Waals surface area contributed by atoms with Gasteiger partial charge in [-0.05, 0) is 48.3 Å². The monoisotopic (exact) mass is 372 g/mol. The molecule has 26 heavy (non-hydrogen) atoms. The Hall–Kier alpha value is -1.65. The van der Waals surface area contributed by atoms with Crippen LogP contribution in [0.4, 0.5) is 0 Å². The molecule has 2 unspecified atom stereocenters. The summed E-state index contributed by atoms with van der Waals surface area (Å²) >= 11 is 1.78. The van der Waals surface area contributed by atoms with Gasteiger partial charge in [-0.15, -0.1) is 11.3 Å². The number of benzene rings is 1. The van der Waals surface area contributed by atoms with Gasteiger partial charge in [0.1, 0.15) is 6.10 Å². The highest BCUT2D eigenvalue weighted by atomic mass is 32.1. The third kappa shape index (κ3) is 5.42. The number of carbonyl (C=O) groups is 1. The number of rotatable bonds is 11. The van der Waals surface area contributed by atoms with Gasteiger partial charge in [-0.1, -0.05) is 56.0 Å². The summed E-state index contributed by atoms with van der Waals surface area (Å²) in [6.07, 6.45) is 9.52. The van der Waals surface area contributed by atoms with Crippen molar-refractivity contribution in [2.75, 3.05) is 7.11 Å². The fraction of sp³-hybridized carbons (Fsp3) is 0.500. The van der Waals surface area contributed by atoms with Crippen LogP contribution in [0, 0.1) is 0 Å².